The lowest BCUT2D eigenvalue weighted by atomic mass is 9.97. The molecule has 204 valence electrons. The molecule has 10 heteroatoms. The lowest BCUT2D eigenvalue weighted by molar-refractivity contribution is -0.140. The monoisotopic (exact) mass is 591 g/mol. The van der Waals surface area contributed by atoms with Gasteiger partial charge in [-0.3, -0.25) is 9.59 Å². The number of ether oxygens (including phenoxy) is 3. The first-order valence-corrected chi connectivity index (χ1v) is 13.0. The summed E-state index contributed by atoms with van der Waals surface area (Å²) in [5.41, 5.74) is 7.43. The van der Waals surface area contributed by atoms with Crippen LogP contribution in [0, 0.1) is 12.8 Å². The number of methoxy groups -OCH3 is 1. The van der Waals surface area contributed by atoms with Crippen LogP contribution in [0.25, 0.3) is 0 Å². The van der Waals surface area contributed by atoms with Gasteiger partial charge in [-0.05, 0) is 55.0 Å². The molecule has 6 nitrogen and oxygen atoms in total. The summed E-state index contributed by atoms with van der Waals surface area (Å²) in [6.45, 7) is 5.22. The number of amides is 1. The number of carbonyl (C=O) groups is 2. The van der Waals surface area contributed by atoms with Crippen LogP contribution in [0.1, 0.15) is 43.9 Å². The molecule has 1 heterocycles. The van der Waals surface area contributed by atoms with Crippen molar-refractivity contribution in [2.45, 2.75) is 49.6 Å². The molecular weight excluding hydrogens is 560 g/mol. The van der Waals surface area contributed by atoms with Gasteiger partial charge in [0.25, 0.3) is 0 Å². The minimum absolute atomic E-state index is 0.201. The summed E-state index contributed by atoms with van der Waals surface area (Å²) < 4.78 is 13.6. The SMILES string of the molecule is CC(=O)OCC(Cl)(Cl)Cl.CC(CC/C=C/C(N)=O)C1OC1c1ccccc1.COc1ccc(C)cc1Cl. The average molecular weight is 593 g/mol. The number of halogens is 4. The summed E-state index contributed by atoms with van der Waals surface area (Å²) in [4.78, 5) is 20.6. The van der Waals surface area contributed by atoms with E-state index in [1.807, 2.05) is 49.4 Å². The smallest absolute Gasteiger partial charge is 0.302 e. The first-order valence-electron chi connectivity index (χ1n) is 11.5. The predicted molar refractivity (Wildman–Crippen MR) is 150 cm³/mol. The number of hydrogen-bond acceptors (Lipinski definition) is 5. The molecule has 0 spiro atoms. The van der Waals surface area contributed by atoms with Gasteiger partial charge in [-0.25, -0.2) is 0 Å². The number of allylic oxidation sites excluding steroid dienone is 1. The quantitative estimate of drug-likeness (QED) is 0.152. The van der Waals surface area contributed by atoms with Crippen molar-refractivity contribution in [3.63, 3.8) is 0 Å². The fraction of sp³-hybridized carbons (Fsp3) is 0.407. The number of primary amides is 1. The maximum absolute atomic E-state index is 10.5. The summed E-state index contributed by atoms with van der Waals surface area (Å²) in [6.07, 6.45) is 5.70. The standard InChI is InChI=1S/C15H19NO2.C8H9ClO.C4H5Cl3O2/c1-11(7-5-6-10-13(16)17)14-15(18-14)12-8-3-2-4-9-12;1-6-3-4-8(10-2)7(9)5-6;1-3(8)9-2-4(5,6)7/h2-4,6,8-11,14-15H,5,7H2,1H3,(H2,16,17);3-5H,1-2H3;2H2,1H3/b10-6+;;. The van der Waals surface area contributed by atoms with Crippen molar-refractivity contribution in [1.29, 1.82) is 0 Å². The molecule has 1 amide bonds. The average Bonchev–Trinajstić information content (AvgIpc) is 3.63. The Balaban J connectivity index is 0.000000306. The fourth-order valence-corrected chi connectivity index (χ4v) is 3.62. The predicted octanol–water partition coefficient (Wildman–Crippen LogP) is 7.16. The Morgan fingerprint density at radius 1 is 1.16 bits per heavy atom. The van der Waals surface area contributed by atoms with Gasteiger partial charge in [0.2, 0.25) is 9.70 Å². The third-order valence-corrected chi connectivity index (χ3v) is 5.65. The number of esters is 1. The van der Waals surface area contributed by atoms with E-state index < -0.39 is 9.76 Å². The van der Waals surface area contributed by atoms with Gasteiger partial charge in [0.05, 0.1) is 18.2 Å². The molecule has 3 rings (SSSR count). The zero-order valence-electron chi connectivity index (χ0n) is 21.3. The molecule has 0 radical (unpaired) electrons. The number of nitrogens with two attached hydrogens (primary N) is 1. The molecule has 0 aliphatic carbocycles. The van der Waals surface area contributed by atoms with Crippen molar-refractivity contribution < 1.29 is 23.8 Å². The maximum atomic E-state index is 10.5. The van der Waals surface area contributed by atoms with Crippen LogP contribution in [0.3, 0.4) is 0 Å². The van der Waals surface area contributed by atoms with Crippen LogP contribution in [0.5, 0.6) is 5.75 Å². The number of hydrogen-bond donors (Lipinski definition) is 1. The van der Waals surface area contributed by atoms with E-state index in [0.29, 0.717) is 17.0 Å². The van der Waals surface area contributed by atoms with Crippen LogP contribution in [-0.2, 0) is 19.1 Å². The summed E-state index contributed by atoms with van der Waals surface area (Å²) in [7, 11) is 1.61. The van der Waals surface area contributed by atoms with Gasteiger partial charge >= 0.3 is 5.97 Å². The van der Waals surface area contributed by atoms with Crippen LogP contribution in [0.2, 0.25) is 5.02 Å². The van der Waals surface area contributed by atoms with Gasteiger partial charge in [-0.1, -0.05) is 95.8 Å². The van der Waals surface area contributed by atoms with Crippen LogP contribution in [-0.4, -0.2) is 35.5 Å². The van der Waals surface area contributed by atoms with Gasteiger partial charge < -0.3 is 19.9 Å². The topological polar surface area (TPSA) is 91.2 Å². The Hall–Kier alpha value is -1.96. The zero-order valence-corrected chi connectivity index (χ0v) is 24.3. The third-order valence-electron chi connectivity index (χ3n) is 5.03. The van der Waals surface area contributed by atoms with Gasteiger partial charge in [-0.2, -0.15) is 0 Å². The largest absolute Gasteiger partial charge is 0.495 e. The number of alkyl halides is 3. The number of epoxide rings is 1. The fourth-order valence-electron chi connectivity index (χ4n) is 3.15. The lowest BCUT2D eigenvalue weighted by Crippen LogP contribution is -2.15. The molecule has 1 aliphatic heterocycles. The second-order valence-electron chi connectivity index (χ2n) is 8.32. The molecule has 37 heavy (non-hydrogen) atoms. The van der Waals surface area contributed by atoms with Crippen molar-refractivity contribution >= 4 is 58.3 Å². The molecule has 0 aromatic heterocycles. The van der Waals surface area contributed by atoms with Crippen LogP contribution in [0.15, 0.2) is 60.7 Å². The van der Waals surface area contributed by atoms with E-state index >= 15 is 0 Å². The molecule has 1 saturated heterocycles. The van der Waals surface area contributed by atoms with Gasteiger partial charge in [0.1, 0.15) is 18.5 Å². The van der Waals surface area contributed by atoms with E-state index in [9.17, 15) is 9.59 Å². The van der Waals surface area contributed by atoms with E-state index in [2.05, 4.69) is 23.8 Å². The highest BCUT2D eigenvalue weighted by molar-refractivity contribution is 6.67. The van der Waals surface area contributed by atoms with Crippen molar-refractivity contribution in [3.8, 4) is 5.75 Å². The molecule has 3 unspecified atom stereocenters. The molecule has 2 aromatic rings. The third kappa shape index (κ3) is 15.1. The van der Waals surface area contributed by atoms with Crippen LogP contribution < -0.4 is 10.5 Å². The maximum Gasteiger partial charge on any atom is 0.302 e. The van der Waals surface area contributed by atoms with Crippen LogP contribution in [0.4, 0.5) is 0 Å². The molecule has 1 aliphatic rings. The minimum Gasteiger partial charge on any atom is -0.495 e. The Bertz CT molecular complexity index is 1010. The Kier molecular flexibility index (Phi) is 15.0. The summed E-state index contributed by atoms with van der Waals surface area (Å²) >= 11 is 21.5. The Morgan fingerprint density at radius 3 is 2.30 bits per heavy atom. The second kappa shape index (κ2) is 16.8. The van der Waals surface area contributed by atoms with Gasteiger partial charge in [-0.15, -0.1) is 0 Å². The Labute approximate surface area is 238 Å². The number of rotatable bonds is 8. The summed E-state index contributed by atoms with van der Waals surface area (Å²) in [5, 5.41) is 0.669. The van der Waals surface area contributed by atoms with E-state index in [-0.39, 0.29) is 18.6 Å². The van der Waals surface area contributed by atoms with Crippen molar-refractivity contribution in [1.82, 2.24) is 0 Å². The number of benzene rings is 2. The first kappa shape index (κ1) is 33.1. The second-order valence-corrected chi connectivity index (χ2v) is 11.2. The molecule has 1 fully saturated rings. The summed E-state index contributed by atoms with van der Waals surface area (Å²) in [6, 6.07) is 16.0. The number of carbonyl (C=O) groups excluding carboxylic acids is 2. The van der Waals surface area contributed by atoms with Gasteiger partial charge in [0.15, 0.2) is 0 Å². The molecule has 0 saturated carbocycles. The first-order chi connectivity index (χ1) is 17.3. The molecule has 2 aromatic carbocycles. The minimum atomic E-state index is -1.49. The van der Waals surface area contributed by atoms with Crippen molar-refractivity contribution in [2.24, 2.45) is 11.7 Å². The molecular formula is C27H33Cl4NO5. The zero-order chi connectivity index (χ0) is 28.0. The van der Waals surface area contributed by atoms with Gasteiger partial charge in [0, 0.05) is 6.92 Å². The highest BCUT2D eigenvalue weighted by Gasteiger charge is 2.43. The van der Waals surface area contributed by atoms with E-state index in [1.54, 1.807) is 7.11 Å². The van der Waals surface area contributed by atoms with E-state index in [1.165, 1.54) is 18.6 Å². The molecule has 0 bridgehead atoms. The van der Waals surface area contributed by atoms with Crippen molar-refractivity contribution in [2.75, 3.05) is 13.7 Å². The highest BCUT2D eigenvalue weighted by atomic mass is 35.6. The number of aryl methyl sites for hydroxylation is 1. The van der Waals surface area contributed by atoms with Crippen LogP contribution >= 0.6 is 46.4 Å². The van der Waals surface area contributed by atoms with E-state index in [0.717, 1.165) is 24.2 Å². The highest BCUT2D eigenvalue weighted by Crippen LogP contribution is 2.44. The van der Waals surface area contributed by atoms with E-state index in [4.69, 9.17) is 61.6 Å². The molecule has 3 atom stereocenters. The van der Waals surface area contributed by atoms with Crippen molar-refractivity contribution in [3.05, 3.63) is 76.8 Å². The normalized spacial score (nSPS) is 17.0. The Morgan fingerprint density at radius 2 is 1.81 bits per heavy atom. The molecule has 2 N–H and O–H groups in total. The lowest BCUT2D eigenvalue weighted by Gasteiger charge is -2.08. The summed E-state index contributed by atoms with van der Waals surface area (Å²) in [5.74, 6) is 0.383.